The van der Waals surface area contributed by atoms with Crippen LogP contribution in [0.15, 0.2) is 15.2 Å². The fraction of sp³-hybridized carbons (Fsp3) is 0.636. The number of hydrogen-bond donors (Lipinski definition) is 1. The van der Waals surface area contributed by atoms with E-state index >= 15 is 0 Å². The van der Waals surface area contributed by atoms with Crippen LogP contribution in [-0.4, -0.2) is 29.7 Å². The van der Waals surface area contributed by atoms with E-state index in [4.69, 9.17) is 11.0 Å². The predicted octanol–water partition coefficient (Wildman–Crippen LogP) is 1.98. The molecular formula is C11H17BrN4. The Kier molecular flexibility index (Phi) is 4.81. The van der Waals surface area contributed by atoms with Gasteiger partial charge in [-0.3, -0.25) is 4.99 Å². The molecular weight excluding hydrogens is 268 g/mol. The van der Waals surface area contributed by atoms with Crippen LogP contribution < -0.4 is 5.73 Å². The Balaban J connectivity index is 2.60. The summed E-state index contributed by atoms with van der Waals surface area (Å²) >= 11 is 3.42. The fourth-order valence-corrected chi connectivity index (χ4v) is 1.81. The molecule has 0 amide bonds. The Morgan fingerprint density at radius 1 is 1.44 bits per heavy atom. The average Bonchev–Trinajstić information content (AvgIpc) is 2.28. The van der Waals surface area contributed by atoms with Gasteiger partial charge in [-0.15, -0.1) is 0 Å². The molecule has 1 saturated heterocycles. The van der Waals surface area contributed by atoms with Gasteiger partial charge < -0.3 is 10.6 Å². The second-order valence-corrected chi connectivity index (χ2v) is 4.82. The summed E-state index contributed by atoms with van der Waals surface area (Å²) in [5, 5.41) is 8.73. The molecule has 0 atom stereocenters. The number of nitrogens with zero attached hydrogens (tertiary/aromatic N) is 3. The summed E-state index contributed by atoms with van der Waals surface area (Å²) in [5.41, 5.74) is 7.37. The zero-order valence-electron chi connectivity index (χ0n) is 9.70. The van der Waals surface area contributed by atoms with Crippen molar-refractivity contribution in [2.24, 2.45) is 10.7 Å². The third-order valence-corrected chi connectivity index (χ3v) is 3.85. The summed E-state index contributed by atoms with van der Waals surface area (Å²) in [5.74, 6) is 0. The molecule has 0 aromatic rings. The third-order valence-electron chi connectivity index (χ3n) is 2.65. The van der Waals surface area contributed by atoms with E-state index in [1.807, 2.05) is 13.8 Å². The maximum absolute atomic E-state index is 8.73. The number of aliphatic imine (C=N–C) groups is 1. The zero-order chi connectivity index (χ0) is 12.1. The summed E-state index contributed by atoms with van der Waals surface area (Å²) in [6.45, 7) is 5.42. The van der Waals surface area contributed by atoms with Crippen molar-refractivity contribution in [2.45, 2.75) is 32.7 Å². The molecule has 0 aliphatic carbocycles. The zero-order valence-corrected chi connectivity index (χ0v) is 11.3. The SMILES string of the molecule is CC(=NC1CCN(C#N)CC1)/C(Br)=C(/C)N. The Labute approximate surface area is 105 Å². The number of rotatable bonds is 2. The topological polar surface area (TPSA) is 65.4 Å². The first-order valence-corrected chi connectivity index (χ1v) is 6.15. The molecule has 1 aliphatic rings. The minimum atomic E-state index is 0.316. The van der Waals surface area contributed by atoms with Crippen LogP contribution >= 0.6 is 15.9 Å². The van der Waals surface area contributed by atoms with E-state index < -0.39 is 0 Å². The molecule has 5 heteroatoms. The molecule has 1 rings (SSSR count). The lowest BCUT2D eigenvalue weighted by Gasteiger charge is -2.26. The van der Waals surface area contributed by atoms with Gasteiger partial charge >= 0.3 is 0 Å². The molecule has 1 aliphatic heterocycles. The van der Waals surface area contributed by atoms with Crippen molar-refractivity contribution in [3.8, 4) is 6.19 Å². The van der Waals surface area contributed by atoms with Crippen molar-refractivity contribution in [3.05, 3.63) is 10.2 Å². The van der Waals surface area contributed by atoms with Gasteiger partial charge in [-0.05, 0) is 42.6 Å². The summed E-state index contributed by atoms with van der Waals surface area (Å²) in [6, 6.07) is 0.316. The standard InChI is InChI=1S/C11H17BrN4/c1-8(14)11(12)9(2)15-10-3-5-16(7-13)6-4-10/h10H,3-6,14H2,1-2H3/b11-8+,15-9?. The first-order valence-electron chi connectivity index (χ1n) is 5.36. The van der Waals surface area contributed by atoms with Crippen LogP contribution in [-0.2, 0) is 0 Å². The van der Waals surface area contributed by atoms with E-state index in [1.165, 1.54) is 0 Å². The van der Waals surface area contributed by atoms with E-state index in [2.05, 4.69) is 27.1 Å². The lowest BCUT2D eigenvalue weighted by Crippen LogP contribution is -2.32. The Hall–Kier alpha value is -1.02. The molecule has 16 heavy (non-hydrogen) atoms. The summed E-state index contributed by atoms with van der Waals surface area (Å²) in [4.78, 5) is 6.40. The Morgan fingerprint density at radius 2 is 2.00 bits per heavy atom. The van der Waals surface area contributed by atoms with Crippen LogP contribution in [0.5, 0.6) is 0 Å². The minimum absolute atomic E-state index is 0.316. The van der Waals surface area contributed by atoms with Gasteiger partial charge in [0, 0.05) is 24.5 Å². The van der Waals surface area contributed by atoms with E-state index in [-0.39, 0.29) is 0 Å². The van der Waals surface area contributed by atoms with Gasteiger partial charge in [0.1, 0.15) is 0 Å². The number of halogens is 1. The maximum Gasteiger partial charge on any atom is 0.179 e. The minimum Gasteiger partial charge on any atom is -0.401 e. The van der Waals surface area contributed by atoms with Crippen molar-refractivity contribution in [1.29, 1.82) is 5.26 Å². The van der Waals surface area contributed by atoms with Crippen LogP contribution in [0.3, 0.4) is 0 Å². The molecule has 0 bridgehead atoms. The highest BCUT2D eigenvalue weighted by atomic mass is 79.9. The number of likely N-dealkylation sites (tertiary alicyclic amines) is 1. The molecule has 0 spiro atoms. The highest BCUT2D eigenvalue weighted by Crippen LogP contribution is 2.17. The maximum atomic E-state index is 8.73. The normalized spacial score (nSPS) is 20.4. The number of hydrogen-bond acceptors (Lipinski definition) is 4. The van der Waals surface area contributed by atoms with Gasteiger partial charge in [0.2, 0.25) is 0 Å². The Morgan fingerprint density at radius 3 is 2.44 bits per heavy atom. The summed E-state index contributed by atoms with van der Waals surface area (Å²) < 4.78 is 0.884. The van der Waals surface area contributed by atoms with Crippen molar-refractivity contribution in [2.75, 3.05) is 13.1 Å². The second kappa shape index (κ2) is 5.90. The van der Waals surface area contributed by atoms with E-state index in [0.717, 1.165) is 41.8 Å². The highest BCUT2D eigenvalue weighted by molar-refractivity contribution is 9.12. The van der Waals surface area contributed by atoms with Crippen LogP contribution in [0.25, 0.3) is 0 Å². The van der Waals surface area contributed by atoms with E-state index in [1.54, 1.807) is 4.90 Å². The van der Waals surface area contributed by atoms with Crippen molar-refractivity contribution < 1.29 is 0 Å². The lowest BCUT2D eigenvalue weighted by atomic mass is 10.1. The molecule has 1 fully saturated rings. The number of piperidine rings is 1. The first kappa shape index (κ1) is 13.0. The molecule has 0 unspecified atom stereocenters. The van der Waals surface area contributed by atoms with Crippen LogP contribution in [0.2, 0.25) is 0 Å². The van der Waals surface area contributed by atoms with Gasteiger partial charge in [-0.2, -0.15) is 5.26 Å². The van der Waals surface area contributed by atoms with Crippen LogP contribution in [0, 0.1) is 11.5 Å². The van der Waals surface area contributed by atoms with Gasteiger partial charge in [-0.25, -0.2) is 0 Å². The fourth-order valence-electron chi connectivity index (χ4n) is 1.71. The Bertz CT molecular complexity index is 341. The largest absolute Gasteiger partial charge is 0.401 e. The van der Waals surface area contributed by atoms with E-state index in [0.29, 0.717) is 6.04 Å². The van der Waals surface area contributed by atoms with Crippen molar-refractivity contribution in [3.63, 3.8) is 0 Å². The predicted molar refractivity (Wildman–Crippen MR) is 69.1 cm³/mol. The van der Waals surface area contributed by atoms with Crippen LogP contribution in [0.1, 0.15) is 26.7 Å². The van der Waals surface area contributed by atoms with Crippen molar-refractivity contribution >= 4 is 21.6 Å². The number of nitriles is 1. The van der Waals surface area contributed by atoms with Gasteiger partial charge in [-0.1, -0.05) is 0 Å². The smallest absolute Gasteiger partial charge is 0.179 e. The molecule has 88 valence electrons. The molecule has 0 saturated carbocycles. The van der Waals surface area contributed by atoms with Crippen molar-refractivity contribution in [1.82, 2.24) is 4.90 Å². The number of nitrogens with two attached hydrogens (primary N) is 1. The lowest BCUT2D eigenvalue weighted by molar-refractivity contribution is 0.297. The van der Waals surface area contributed by atoms with Crippen LogP contribution in [0.4, 0.5) is 0 Å². The van der Waals surface area contributed by atoms with Gasteiger partial charge in [0.25, 0.3) is 0 Å². The number of allylic oxidation sites excluding steroid dienone is 2. The molecule has 2 N–H and O–H groups in total. The molecule has 4 nitrogen and oxygen atoms in total. The third kappa shape index (κ3) is 3.53. The molecule has 0 aromatic heterocycles. The summed E-state index contributed by atoms with van der Waals surface area (Å²) in [7, 11) is 0. The summed E-state index contributed by atoms with van der Waals surface area (Å²) in [6.07, 6.45) is 4.04. The molecule has 0 radical (unpaired) electrons. The van der Waals surface area contributed by atoms with Gasteiger partial charge in [0.15, 0.2) is 6.19 Å². The second-order valence-electron chi connectivity index (χ2n) is 4.03. The van der Waals surface area contributed by atoms with Gasteiger partial charge in [0.05, 0.1) is 10.5 Å². The average molecular weight is 285 g/mol. The first-order chi connectivity index (χ1) is 7.54. The molecule has 1 heterocycles. The molecule has 0 aromatic carbocycles. The van der Waals surface area contributed by atoms with E-state index in [9.17, 15) is 0 Å². The quantitative estimate of drug-likeness (QED) is 0.623. The monoisotopic (exact) mass is 284 g/mol. The highest BCUT2D eigenvalue weighted by Gasteiger charge is 2.17.